The lowest BCUT2D eigenvalue weighted by Crippen LogP contribution is -2.45. The van der Waals surface area contributed by atoms with E-state index in [9.17, 15) is 18.4 Å². The third kappa shape index (κ3) is 3.40. The summed E-state index contributed by atoms with van der Waals surface area (Å²) in [7, 11) is 0. The molecule has 5 rings (SSSR count). The standard InChI is InChI=1S/C23H23F2N3O3/c1-23(15-5-6-17(24)18(25)11-15)12-20(23)26-21(29)27-8-7-16-14(13-27)3-2-4-19(16)28-9-10-31-22(28)30/h2-6,11,20H,7-10,12-13H2,1H3,(H,26,29). The quantitative estimate of drug-likeness (QED) is 0.812. The van der Waals surface area contributed by atoms with Crippen LogP contribution in [-0.4, -0.2) is 42.8 Å². The van der Waals surface area contributed by atoms with Gasteiger partial charge in [0.2, 0.25) is 0 Å². The van der Waals surface area contributed by atoms with E-state index in [2.05, 4.69) is 5.32 Å². The third-order valence-electron chi connectivity index (χ3n) is 6.69. The minimum absolute atomic E-state index is 0.128. The molecule has 2 aliphatic heterocycles. The van der Waals surface area contributed by atoms with Crippen LogP contribution in [-0.2, 0) is 23.1 Å². The van der Waals surface area contributed by atoms with E-state index in [1.807, 2.05) is 25.1 Å². The van der Waals surface area contributed by atoms with E-state index in [0.29, 0.717) is 44.6 Å². The Morgan fingerprint density at radius 3 is 2.77 bits per heavy atom. The molecule has 2 aromatic rings. The SMILES string of the molecule is CC1(c2ccc(F)c(F)c2)CC1NC(=O)N1CCc2c(cccc2N2CCOC2=O)C1. The van der Waals surface area contributed by atoms with Crippen LogP contribution in [0.4, 0.5) is 24.1 Å². The molecule has 0 radical (unpaired) electrons. The number of hydrogen-bond acceptors (Lipinski definition) is 3. The molecule has 2 fully saturated rings. The molecule has 2 unspecified atom stereocenters. The van der Waals surface area contributed by atoms with Crippen LogP contribution in [0.5, 0.6) is 0 Å². The zero-order valence-electron chi connectivity index (χ0n) is 17.2. The summed E-state index contributed by atoms with van der Waals surface area (Å²) in [6.45, 7) is 3.84. The minimum atomic E-state index is -0.874. The molecule has 2 atom stereocenters. The predicted octanol–water partition coefficient (Wildman–Crippen LogP) is 3.72. The van der Waals surface area contributed by atoms with Crippen molar-refractivity contribution in [3.05, 3.63) is 64.7 Å². The Morgan fingerprint density at radius 1 is 1.19 bits per heavy atom. The second-order valence-electron chi connectivity index (χ2n) is 8.60. The predicted molar refractivity (Wildman–Crippen MR) is 110 cm³/mol. The largest absolute Gasteiger partial charge is 0.447 e. The van der Waals surface area contributed by atoms with Crippen molar-refractivity contribution in [3.8, 4) is 0 Å². The van der Waals surface area contributed by atoms with E-state index in [0.717, 1.165) is 22.9 Å². The van der Waals surface area contributed by atoms with E-state index >= 15 is 0 Å². The number of fused-ring (bicyclic) bond motifs is 1. The molecule has 0 aromatic heterocycles. The minimum Gasteiger partial charge on any atom is -0.447 e. The second kappa shape index (κ2) is 7.21. The smallest absolute Gasteiger partial charge is 0.414 e. The summed E-state index contributed by atoms with van der Waals surface area (Å²) in [4.78, 5) is 28.2. The molecule has 1 saturated carbocycles. The van der Waals surface area contributed by atoms with Gasteiger partial charge in [0.15, 0.2) is 11.6 Å². The van der Waals surface area contributed by atoms with Crippen molar-refractivity contribution >= 4 is 17.8 Å². The molecular weight excluding hydrogens is 404 g/mol. The monoisotopic (exact) mass is 427 g/mol. The lowest BCUT2D eigenvalue weighted by molar-refractivity contribution is 0.180. The number of cyclic esters (lactones) is 1. The van der Waals surface area contributed by atoms with Crippen LogP contribution < -0.4 is 10.2 Å². The molecule has 6 nitrogen and oxygen atoms in total. The summed E-state index contributed by atoms with van der Waals surface area (Å²) in [5.74, 6) is -1.75. The van der Waals surface area contributed by atoms with Gasteiger partial charge in [-0.15, -0.1) is 0 Å². The number of nitrogens with one attached hydrogen (secondary N) is 1. The van der Waals surface area contributed by atoms with Gasteiger partial charge in [-0.05, 0) is 47.7 Å². The Bertz CT molecular complexity index is 1080. The Morgan fingerprint density at radius 2 is 2.03 bits per heavy atom. The van der Waals surface area contributed by atoms with E-state index in [1.54, 1.807) is 15.9 Å². The Kier molecular flexibility index (Phi) is 4.60. The van der Waals surface area contributed by atoms with Gasteiger partial charge in [-0.2, -0.15) is 0 Å². The zero-order chi connectivity index (χ0) is 21.8. The molecule has 0 spiro atoms. The van der Waals surface area contributed by atoms with Gasteiger partial charge in [0.05, 0.1) is 12.2 Å². The van der Waals surface area contributed by atoms with Crippen molar-refractivity contribution < 1.29 is 23.1 Å². The number of carbonyl (C=O) groups is 2. The van der Waals surface area contributed by atoms with Crippen molar-refractivity contribution in [3.63, 3.8) is 0 Å². The lowest BCUT2D eigenvalue weighted by Gasteiger charge is -2.31. The van der Waals surface area contributed by atoms with Gasteiger partial charge in [0.1, 0.15) is 6.61 Å². The molecule has 2 aromatic carbocycles. The van der Waals surface area contributed by atoms with Crippen LogP contribution in [0.2, 0.25) is 0 Å². The number of amides is 3. The Balaban J connectivity index is 1.26. The maximum atomic E-state index is 13.6. The number of carbonyl (C=O) groups excluding carboxylic acids is 2. The third-order valence-corrected chi connectivity index (χ3v) is 6.69. The molecule has 31 heavy (non-hydrogen) atoms. The van der Waals surface area contributed by atoms with Crippen molar-refractivity contribution in [1.29, 1.82) is 0 Å². The molecule has 3 aliphatic rings. The topological polar surface area (TPSA) is 61.9 Å². The van der Waals surface area contributed by atoms with Gasteiger partial charge in [-0.3, -0.25) is 4.90 Å². The molecule has 8 heteroatoms. The molecule has 2 heterocycles. The highest BCUT2D eigenvalue weighted by Gasteiger charge is 2.52. The summed E-state index contributed by atoms with van der Waals surface area (Å²) >= 11 is 0. The highest BCUT2D eigenvalue weighted by atomic mass is 19.2. The number of benzene rings is 2. The molecule has 162 valence electrons. The summed E-state index contributed by atoms with van der Waals surface area (Å²) < 4.78 is 31.9. The fraction of sp³-hybridized carbons (Fsp3) is 0.391. The van der Waals surface area contributed by atoms with E-state index in [1.165, 1.54) is 6.07 Å². The van der Waals surface area contributed by atoms with Crippen molar-refractivity contribution in [1.82, 2.24) is 10.2 Å². The van der Waals surface area contributed by atoms with Gasteiger partial charge in [-0.25, -0.2) is 18.4 Å². The average Bonchev–Trinajstić information content (AvgIpc) is 3.21. The zero-order valence-corrected chi connectivity index (χ0v) is 17.2. The highest BCUT2D eigenvalue weighted by molar-refractivity contribution is 5.90. The van der Waals surface area contributed by atoms with Gasteiger partial charge in [0, 0.05) is 24.5 Å². The second-order valence-corrected chi connectivity index (χ2v) is 8.60. The van der Waals surface area contributed by atoms with Crippen LogP contribution >= 0.6 is 0 Å². The van der Waals surface area contributed by atoms with E-state index in [-0.39, 0.29) is 18.2 Å². The van der Waals surface area contributed by atoms with Gasteiger partial charge < -0.3 is 15.0 Å². The van der Waals surface area contributed by atoms with Gasteiger partial charge >= 0.3 is 12.1 Å². The number of halogens is 2. The van der Waals surface area contributed by atoms with E-state index in [4.69, 9.17) is 4.74 Å². The van der Waals surface area contributed by atoms with Crippen molar-refractivity contribution in [2.75, 3.05) is 24.6 Å². The Hall–Kier alpha value is -3.16. The van der Waals surface area contributed by atoms with Crippen molar-refractivity contribution in [2.24, 2.45) is 0 Å². The normalized spacial score (nSPS) is 24.6. The molecular formula is C23H23F2N3O3. The molecule has 0 bridgehead atoms. The van der Waals surface area contributed by atoms with E-state index < -0.39 is 17.0 Å². The number of urea groups is 1. The summed E-state index contributed by atoms with van der Waals surface area (Å²) in [5.41, 5.74) is 3.22. The van der Waals surface area contributed by atoms with Gasteiger partial charge in [-0.1, -0.05) is 25.1 Å². The number of ether oxygens (including phenoxy) is 1. The highest BCUT2D eigenvalue weighted by Crippen LogP contribution is 2.48. The van der Waals surface area contributed by atoms with Crippen LogP contribution in [0, 0.1) is 11.6 Å². The maximum Gasteiger partial charge on any atom is 0.414 e. The number of nitrogens with zero attached hydrogens (tertiary/aromatic N) is 2. The molecule has 3 amide bonds. The van der Waals surface area contributed by atoms with Crippen LogP contribution in [0.3, 0.4) is 0 Å². The number of rotatable bonds is 3. The molecule has 1 saturated heterocycles. The first-order valence-corrected chi connectivity index (χ1v) is 10.4. The lowest BCUT2D eigenvalue weighted by atomic mass is 9.97. The summed E-state index contributed by atoms with van der Waals surface area (Å²) in [6, 6.07) is 9.39. The number of hydrogen-bond donors (Lipinski definition) is 1. The number of anilines is 1. The Labute approximate surface area is 178 Å². The summed E-state index contributed by atoms with van der Waals surface area (Å²) in [6.07, 6.45) is 0.988. The molecule has 1 aliphatic carbocycles. The molecule has 1 N–H and O–H groups in total. The van der Waals surface area contributed by atoms with Crippen LogP contribution in [0.1, 0.15) is 30.0 Å². The first kappa shape index (κ1) is 19.8. The summed E-state index contributed by atoms with van der Waals surface area (Å²) in [5, 5.41) is 3.04. The first-order chi connectivity index (χ1) is 14.9. The van der Waals surface area contributed by atoms with Crippen LogP contribution in [0.25, 0.3) is 0 Å². The maximum absolute atomic E-state index is 13.6. The van der Waals surface area contributed by atoms with Gasteiger partial charge in [0.25, 0.3) is 0 Å². The first-order valence-electron chi connectivity index (χ1n) is 10.4. The fourth-order valence-electron chi connectivity index (χ4n) is 4.61. The van der Waals surface area contributed by atoms with Crippen LogP contribution in [0.15, 0.2) is 36.4 Å². The van der Waals surface area contributed by atoms with Crippen molar-refractivity contribution in [2.45, 2.75) is 37.8 Å². The fourth-order valence-corrected chi connectivity index (χ4v) is 4.61. The average molecular weight is 427 g/mol.